The number of fused-ring (bicyclic) bond motifs is 1. The van der Waals surface area contributed by atoms with Crippen LogP contribution in [0.2, 0.25) is 0 Å². The summed E-state index contributed by atoms with van der Waals surface area (Å²) in [5.41, 5.74) is 2.46. The molecule has 0 bridgehead atoms. The Bertz CT molecular complexity index is 688. The average molecular weight is 361 g/mol. The highest BCUT2D eigenvalue weighted by Gasteiger charge is 2.14. The molecule has 0 aliphatic rings. The zero-order valence-electron chi connectivity index (χ0n) is 11.8. The molecule has 1 N–H and O–H groups in total. The molecule has 1 atom stereocenters. The third-order valence-electron chi connectivity index (χ3n) is 3.55. The first kappa shape index (κ1) is 14.7. The third kappa shape index (κ3) is 3.51. The third-order valence-corrected chi connectivity index (χ3v) is 5.14. The van der Waals surface area contributed by atoms with Crippen molar-refractivity contribution in [2.75, 3.05) is 13.6 Å². The van der Waals surface area contributed by atoms with Crippen LogP contribution in [0.1, 0.15) is 16.5 Å². The van der Waals surface area contributed by atoms with Crippen molar-refractivity contribution < 1.29 is 0 Å². The minimum absolute atomic E-state index is 0.448. The molecule has 0 saturated carbocycles. The predicted molar refractivity (Wildman–Crippen MR) is 94.1 cm³/mol. The van der Waals surface area contributed by atoms with Gasteiger partial charge in [-0.25, -0.2) is 4.98 Å². The molecule has 0 fully saturated rings. The zero-order chi connectivity index (χ0) is 14.7. The highest BCUT2D eigenvalue weighted by molar-refractivity contribution is 9.10. The van der Waals surface area contributed by atoms with Gasteiger partial charge in [0.05, 0.1) is 15.2 Å². The number of rotatable bonds is 5. The monoisotopic (exact) mass is 360 g/mol. The van der Waals surface area contributed by atoms with Crippen molar-refractivity contribution in [1.82, 2.24) is 10.3 Å². The Labute approximate surface area is 137 Å². The average Bonchev–Trinajstić information content (AvgIpc) is 2.90. The van der Waals surface area contributed by atoms with Gasteiger partial charge >= 0.3 is 0 Å². The smallest absolute Gasteiger partial charge is 0.0945 e. The van der Waals surface area contributed by atoms with E-state index in [9.17, 15) is 0 Å². The predicted octanol–water partition coefficient (Wildman–Crippen LogP) is 4.60. The van der Waals surface area contributed by atoms with Gasteiger partial charge in [-0.15, -0.1) is 11.3 Å². The van der Waals surface area contributed by atoms with Crippen molar-refractivity contribution in [3.63, 3.8) is 0 Å². The van der Waals surface area contributed by atoms with E-state index in [0.717, 1.165) is 23.0 Å². The summed E-state index contributed by atoms with van der Waals surface area (Å²) in [5, 5.41) is 4.51. The Morgan fingerprint density at radius 1 is 1.14 bits per heavy atom. The van der Waals surface area contributed by atoms with Crippen molar-refractivity contribution in [1.29, 1.82) is 0 Å². The standard InChI is InChI=1S/C17H17BrN2S/c1-19-11-13(12-6-8-14(18)9-7-12)10-17-20-15-4-2-3-5-16(15)21-17/h2-9,13,19H,10-11H2,1H3. The van der Waals surface area contributed by atoms with E-state index in [2.05, 4.69) is 63.7 Å². The second-order valence-electron chi connectivity index (χ2n) is 5.09. The Morgan fingerprint density at radius 3 is 2.62 bits per heavy atom. The SMILES string of the molecule is CNCC(Cc1nc2ccccc2s1)c1ccc(Br)cc1. The lowest BCUT2D eigenvalue weighted by Crippen LogP contribution is -2.19. The maximum absolute atomic E-state index is 4.76. The van der Waals surface area contributed by atoms with Crippen molar-refractivity contribution in [2.24, 2.45) is 0 Å². The van der Waals surface area contributed by atoms with Gasteiger partial charge in [-0.3, -0.25) is 0 Å². The Balaban J connectivity index is 1.85. The molecular weight excluding hydrogens is 344 g/mol. The van der Waals surface area contributed by atoms with E-state index in [-0.39, 0.29) is 0 Å². The Hall–Kier alpha value is -1.23. The first-order chi connectivity index (χ1) is 10.3. The van der Waals surface area contributed by atoms with Gasteiger partial charge in [0.25, 0.3) is 0 Å². The largest absolute Gasteiger partial charge is 0.319 e. The molecule has 0 saturated heterocycles. The summed E-state index contributed by atoms with van der Waals surface area (Å²) >= 11 is 5.30. The maximum atomic E-state index is 4.76. The first-order valence-corrected chi connectivity index (χ1v) is 8.61. The molecule has 0 radical (unpaired) electrons. The molecular formula is C17H17BrN2S. The normalized spacial score (nSPS) is 12.7. The number of thiazole rings is 1. The van der Waals surface area contributed by atoms with Gasteiger partial charge in [0.15, 0.2) is 0 Å². The number of likely N-dealkylation sites (N-methyl/N-ethyl adjacent to an activating group) is 1. The number of hydrogen-bond acceptors (Lipinski definition) is 3. The van der Waals surface area contributed by atoms with Crippen molar-refractivity contribution >= 4 is 37.5 Å². The second-order valence-corrected chi connectivity index (χ2v) is 7.12. The van der Waals surface area contributed by atoms with Crippen molar-refractivity contribution in [3.8, 4) is 0 Å². The summed E-state index contributed by atoms with van der Waals surface area (Å²) in [5.74, 6) is 0.448. The Morgan fingerprint density at radius 2 is 1.90 bits per heavy atom. The fraction of sp³-hybridized carbons (Fsp3) is 0.235. The van der Waals surface area contributed by atoms with Gasteiger partial charge in [0.2, 0.25) is 0 Å². The molecule has 4 heteroatoms. The number of aromatic nitrogens is 1. The highest BCUT2D eigenvalue weighted by Crippen LogP contribution is 2.27. The molecule has 1 heterocycles. The van der Waals surface area contributed by atoms with Gasteiger partial charge in [0.1, 0.15) is 0 Å². The summed E-state index contributed by atoms with van der Waals surface area (Å²) in [6.07, 6.45) is 0.974. The molecule has 108 valence electrons. The Kier molecular flexibility index (Phi) is 4.68. The second kappa shape index (κ2) is 6.69. The van der Waals surface area contributed by atoms with Gasteiger partial charge in [0, 0.05) is 23.4 Å². The summed E-state index contributed by atoms with van der Waals surface area (Å²) < 4.78 is 2.39. The molecule has 2 aromatic carbocycles. The number of benzene rings is 2. The van der Waals surface area contributed by atoms with Gasteiger partial charge in [-0.2, -0.15) is 0 Å². The van der Waals surface area contributed by atoms with E-state index in [0.29, 0.717) is 5.92 Å². The molecule has 2 nitrogen and oxygen atoms in total. The molecule has 1 aromatic heterocycles. The lowest BCUT2D eigenvalue weighted by Gasteiger charge is -2.15. The van der Waals surface area contributed by atoms with E-state index in [1.54, 1.807) is 11.3 Å². The molecule has 3 aromatic rings. The quantitative estimate of drug-likeness (QED) is 0.718. The topological polar surface area (TPSA) is 24.9 Å². The van der Waals surface area contributed by atoms with Crippen LogP contribution in [0.15, 0.2) is 53.0 Å². The van der Waals surface area contributed by atoms with Crippen LogP contribution in [0.5, 0.6) is 0 Å². The van der Waals surface area contributed by atoms with Crippen molar-refractivity contribution in [3.05, 3.63) is 63.6 Å². The van der Waals surface area contributed by atoms with Crippen LogP contribution in [0, 0.1) is 0 Å². The van der Waals surface area contributed by atoms with E-state index < -0.39 is 0 Å². The van der Waals surface area contributed by atoms with Crippen LogP contribution in [0.25, 0.3) is 10.2 Å². The van der Waals surface area contributed by atoms with Crippen LogP contribution < -0.4 is 5.32 Å². The summed E-state index contributed by atoms with van der Waals surface area (Å²) in [4.78, 5) is 4.76. The van der Waals surface area contributed by atoms with Crippen LogP contribution in [0.3, 0.4) is 0 Å². The van der Waals surface area contributed by atoms with Crippen LogP contribution in [-0.4, -0.2) is 18.6 Å². The molecule has 3 rings (SSSR count). The van der Waals surface area contributed by atoms with Gasteiger partial charge in [-0.1, -0.05) is 40.2 Å². The minimum atomic E-state index is 0.448. The fourth-order valence-corrected chi connectivity index (χ4v) is 3.82. The number of nitrogens with zero attached hydrogens (tertiary/aromatic N) is 1. The van der Waals surface area contributed by atoms with Gasteiger partial charge in [-0.05, 0) is 36.9 Å². The van der Waals surface area contributed by atoms with Crippen molar-refractivity contribution in [2.45, 2.75) is 12.3 Å². The van der Waals surface area contributed by atoms with E-state index in [4.69, 9.17) is 4.98 Å². The van der Waals surface area contributed by atoms with Crippen LogP contribution in [-0.2, 0) is 6.42 Å². The fourth-order valence-electron chi connectivity index (χ4n) is 2.51. The molecule has 0 amide bonds. The number of nitrogens with one attached hydrogen (secondary N) is 1. The van der Waals surface area contributed by atoms with E-state index >= 15 is 0 Å². The maximum Gasteiger partial charge on any atom is 0.0945 e. The molecule has 21 heavy (non-hydrogen) atoms. The summed E-state index contributed by atoms with van der Waals surface area (Å²) in [7, 11) is 2.00. The van der Waals surface area contributed by atoms with E-state index in [1.807, 2.05) is 13.1 Å². The summed E-state index contributed by atoms with van der Waals surface area (Å²) in [6, 6.07) is 17.0. The van der Waals surface area contributed by atoms with Crippen LogP contribution >= 0.6 is 27.3 Å². The lowest BCUT2D eigenvalue weighted by atomic mass is 9.96. The highest BCUT2D eigenvalue weighted by atomic mass is 79.9. The van der Waals surface area contributed by atoms with Gasteiger partial charge < -0.3 is 5.32 Å². The molecule has 0 aliphatic heterocycles. The van der Waals surface area contributed by atoms with Crippen LogP contribution in [0.4, 0.5) is 0 Å². The molecule has 0 spiro atoms. The summed E-state index contributed by atoms with van der Waals surface area (Å²) in [6.45, 7) is 0.956. The number of halogens is 1. The van der Waals surface area contributed by atoms with E-state index in [1.165, 1.54) is 15.3 Å². The lowest BCUT2D eigenvalue weighted by molar-refractivity contribution is 0.624. The molecule has 0 aliphatic carbocycles. The zero-order valence-corrected chi connectivity index (χ0v) is 14.2. The first-order valence-electron chi connectivity index (χ1n) is 7.01. The minimum Gasteiger partial charge on any atom is -0.319 e. The molecule has 1 unspecified atom stereocenters. The number of para-hydroxylation sites is 1. The number of hydrogen-bond donors (Lipinski definition) is 1.